The molecule has 0 unspecified atom stereocenters. The Bertz CT molecular complexity index is 1080. The lowest BCUT2D eigenvalue weighted by atomic mass is 9.93. The van der Waals surface area contributed by atoms with Crippen LogP contribution in [-0.4, -0.2) is 54.2 Å². The van der Waals surface area contributed by atoms with Gasteiger partial charge in [0.25, 0.3) is 0 Å². The molecular weight excluding hydrogens is 494 g/mol. The summed E-state index contributed by atoms with van der Waals surface area (Å²) >= 11 is 0. The van der Waals surface area contributed by atoms with E-state index in [2.05, 4.69) is 4.74 Å². The number of carbonyl (C=O) groups is 2. The first-order valence-electron chi connectivity index (χ1n) is 11.1. The van der Waals surface area contributed by atoms with Crippen LogP contribution in [-0.2, 0) is 27.0 Å². The van der Waals surface area contributed by atoms with E-state index in [1.165, 1.54) is 36.4 Å². The SMILES string of the molecule is O=C1C[C@H](C(=O)N2CCN(Cc3ccc(OC(F)(F)F)cc3)CC2)[C@@H](c2ccc(C(F)(F)F)cc2)O1. The Labute approximate surface area is 202 Å². The molecule has 194 valence electrons. The molecule has 12 heteroatoms. The molecule has 0 aliphatic carbocycles. The lowest BCUT2D eigenvalue weighted by molar-refractivity contribution is -0.274. The van der Waals surface area contributed by atoms with Crippen LogP contribution in [0.15, 0.2) is 48.5 Å². The Kier molecular flexibility index (Phi) is 7.17. The highest BCUT2D eigenvalue weighted by atomic mass is 19.4. The lowest BCUT2D eigenvalue weighted by Crippen LogP contribution is -2.50. The predicted octanol–water partition coefficient (Wildman–Crippen LogP) is 4.55. The Morgan fingerprint density at radius 2 is 1.53 bits per heavy atom. The minimum absolute atomic E-state index is 0.156. The smallest absolute Gasteiger partial charge is 0.457 e. The number of nitrogens with zero attached hydrogens (tertiary/aromatic N) is 2. The molecule has 36 heavy (non-hydrogen) atoms. The van der Waals surface area contributed by atoms with Crippen LogP contribution >= 0.6 is 0 Å². The molecule has 2 saturated heterocycles. The molecule has 2 aromatic rings. The van der Waals surface area contributed by atoms with E-state index in [1.807, 2.05) is 4.90 Å². The molecule has 2 atom stereocenters. The van der Waals surface area contributed by atoms with Crippen LogP contribution < -0.4 is 4.74 Å². The third kappa shape index (κ3) is 6.28. The molecule has 2 aliphatic heterocycles. The number of esters is 1. The van der Waals surface area contributed by atoms with E-state index in [-0.39, 0.29) is 18.1 Å². The van der Waals surface area contributed by atoms with Crippen molar-refractivity contribution in [2.75, 3.05) is 26.2 Å². The molecule has 2 aliphatic rings. The van der Waals surface area contributed by atoms with Gasteiger partial charge in [-0.1, -0.05) is 24.3 Å². The quantitative estimate of drug-likeness (QED) is 0.431. The topological polar surface area (TPSA) is 59.1 Å². The van der Waals surface area contributed by atoms with Gasteiger partial charge in [0.2, 0.25) is 5.91 Å². The average Bonchev–Trinajstić information content (AvgIpc) is 3.20. The van der Waals surface area contributed by atoms with Gasteiger partial charge in [0, 0.05) is 32.7 Å². The van der Waals surface area contributed by atoms with Crippen LogP contribution in [0, 0.1) is 5.92 Å². The van der Waals surface area contributed by atoms with Gasteiger partial charge in [0.05, 0.1) is 17.9 Å². The highest BCUT2D eigenvalue weighted by Crippen LogP contribution is 2.38. The van der Waals surface area contributed by atoms with Crippen LogP contribution in [0.5, 0.6) is 5.75 Å². The van der Waals surface area contributed by atoms with E-state index in [0.29, 0.717) is 38.3 Å². The zero-order chi connectivity index (χ0) is 26.1. The first kappa shape index (κ1) is 25.8. The molecular formula is C24H22F6N2O4. The Morgan fingerprint density at radius 1 is 0.917 bits per heavy atom. The number of hydrogen-bond acceptors (Lipinski definition) is 5. The van der Waals surface area contributed by atoms with Crippen molar-refractivity contribution < 1.29 is 45.4 Å². The maximum atomic E-state index is 13.2. The Morgan fingerprint density at radius 3 is 2.08 bits per heavy atom. The Balaban J connectivity index is 1.33. The first-order valence-corrected chi connectivity index (χ1v) is 11.1. The van der Waals surface area contributed by atoms with Crippen molar-refractivity contribution in [3.8, 4) is 5.75 Å². The molecule has 0 saturated carbocycles. The summed E-state index contributed by atoms with van der Waals surface area (Å²) in [6.45, 7) is 2.18. The molecule has 0 radical (unpaired) electrons. The largest absolute Gasteiger partial charge is 0.573 e. The van der Waals surface area contributed by atoms with Crippen molar-refractivity contribution in [2.45, 2.75) is 31.6 Å². The average molecular weight is 516 g/mol. The van der Waals surface area contributed by atoms with E-state index in [9.17, 15) is 35.9 Å². The maximum Gasteiger partial charge on any atom is 0.573 e. The van der Waals surface area contributed by atoms with E-state index in [1.54, 1.807) is 4.90 Å². The number of halogens is 6. The summed E-state index contributed by atoms with van der Waals surface area (Å²) in [6.07, 6.45) is -10.4. The number of amides is 1. The fraction of sp³-hybridized carbons (Fsp3) is 0.417. The van der Waals surface area contributed by atoms with Gasteiger partial charge in [-0.2, -0.15) is 13.2 Å². The molecule has 0 N–H and O–H groups in total. The van der Waals surface area contributed by atoms with Crippen LogP contribution in [0.25, 0.3) is 0 Å². The summed E-state index contributed by atoms with van der Waals surface area (Å²) in [4.78, 5) is 28.7. The summed E-state index contributed by atoms with van der Waals surface area (Å²) in [5, 5.41) is 0. The highest BCUT2D eigenvalue weighted by Gasteiger charge is 2.43. The van der Waals surface area contributed by atoms with Gasteiger partial charge in [-0.25, -0.2) is 0 Å². The number of rotatable bonds is 5. The number of alkyl halides is 6. The van der Waals surface area contributed by atoms with Gasteiger partial charge in [-0.15, -0.1) is 13.2 Å². The molecule has 2 aromatic carbocycles. The lowest BCUT2D eigenvalue weighted by Gasteiger charge is -2.36. The van der Waals surface area contributed by atoms with Crippen molar-refractivity contribution in [1.29, 1.82) is 0 Å². The van der Waals surface area contributed by atoms with Gasteiger partial charge in [-0.3, -0.25) is 14.5 Å². The molecule has 2 fully saturated rings. The van der Waals surface area contributed by atoms with Crippen molar-refractivity contribution in [3.05, 3.63) is 65.2 Å². The maximum absolute atomic E-state index is 13.2. The summed E-state index contributed by atoms with van der Waals surface area (Å²) in [5.41, 5.74) is 0.266. The van der Waals surface area contributed by atoms with Crippen molar-refractivity contribution in [1.82, 2.24) is 9.80 Å². The highest BCUT2D eigenvalue weighted by molar-refractivity contribution is 5.87. The summed E-state index contributed by atoms with van der Waals surface area (Å²) in [7, 11) is 0. The minimum Gasteiger partial charge on any atom is -0.457 e. The third-order valence-electron chi connectivity index (χ3n) is 6.14. The number of piperazine rings is 1. The van der Waals surface area contributed by atoms with Crippen molar-refractivity contribution in [3.63, 3.8) is 0 Å². The fourth-order valence-electron chi connectivity index (χ4n) is 4.35. The first-order chi connectivity index (χ1) is 16.9. The number of carbonyl (C=O) groups excluding carboxylic acids is 2. The van der Waals surface area contributed by atoms with Gasteiger partial charge in [0.1, 0.15) is 11.9 Å². The number of benzene rings is 2. The second kappa shape index (κ2) is 10.00. The van der Waals surface area contributed by atoms with E-state index < -0.39 is 36.1 Å². The fourth-order valence-corrected chi connectivity index (χ4v) is 4.35. The molecule has 1 amide bonds. The predicted molar refractivity (Wildman–Crippen MR) is 113 cm³/mol. The van der Waals surface area contributed by atoms with Gasteiger partial charge in [0.15, 0.2) is 0 Å². The van der Waals surface area contributed by atoms with Crippen LogP contribution in [0.2, 0.25) is 0 Å². The zero-order valence-electron chi connectivity index (χ0n) is 18.8. The van der Waals surface area contributed by atoms with Crippen LogP contribution in [0.1, 0.15) is 29.2 Å². The van der Waals surface area contributed by atoms with Gasteiger partial charge in [-0.05, 0) is 35.4 Å². The summed E-state index contributed by atoms with van der Waals surface area (Å²) in [5.74, 6) is -2.03. The van der Waals surface area contributed by atoms with Crippen LogP contribution in [0.3, 0.4) is 0 Å². The monoisotopic (exact) mass is 516 g/mol. The Hall–Kier alpha value is -3.28. The molecule has 6 nitrogen and oxygen atoms in total. The van der Waals surface area contributed by atoms with Crippen molar-refractivity contribution in [2.24, 2.45) is 5.92 Å². The standard InChI is InChI=1S/C24H22F6N2O4/c25-23(26,27)17-5-3-16(4-6-17)21-19(13-20(33)35-21)22(34)32-11-9-31(10-12-32)14-15-1-7-18(8-2-15)36-24(28,29)30/h1-8,19,21H,9-14H2/t19-,21+/m0/s1. The minimum atomic E-state index is -4.76. The molecule has 4 rings (SSSR count). The second-order valence-electron chi connectivity index (χ2n) is 8.63. The molecule has 0 bridgehead atoms. The number of hydrogen-bond donors (Lipinski definition) is 0. The van der Waals surface area contributed by atoms with Gasteiger partial charge < -0.3 is 14.4 Å². The molecule has 0 spiro atoms. The number of ether oxygens (including phenoxy) is 2. The summed E-state index contributed by atoms with van der Waals surface area (Å²) in [6, 6.07) is 9.77. The van der Waals surface area contributed by atoms with Gasteiger partial charge >= 0.3 is 18.5 Å². The zero-order valence-corrected chi connectivity index (χ0v) is 18.8. The van der Waals surface area contributed by atoms with Crippen molar-refractivity contribution >= 4 is 11.9 Å². The molecule has 0 aromatic heterocycles. The summed E-state index contributed by atoms with van der Waals surface area (Å²) < 4.78 is 84.6. The number of cyclic esters (lactones) is 1. The van der Waals surface area contributed by atoms with E-state index >= 15 is 0 Å². The van der Waals surface area contributed by atoms with E-state index in [4.69, 9.17) is 4.74 Å². The third-order valence-corrected chi connectivity index (χ3v) is 6.14. The second-order valence-corrected chi connectivity index (χ2v) is 8.63. The van der Waals surface area contributed by atoms with E-state index in [0.717, 1.165) is 17.7 Å². The van der Waals surface area contributed by atoms with Crippen LogP contribution in [0.4, 0.5) is 26.3 Å². The molecule has 2 heterocycles. The normalized spacial score (nSPS) is 21.4.